The van der Waals surface area contributed by atoms with Crippen LogP contribution in [0.1, 0.15) is 21.7 Å². The fourth-order valence-corrected chi connectivity index (χ4v) is 2.75. The average molecular weight is 314 g/mol. The molecule has 1 aromatic heterocycles. The highest BCUT2D eigenvalue weighted by Crippen LogP contribution is 2.19. The molecular formula is C17H19FN4O. The largest absolute Gasteiger partial charge is 0.352 e. The number of amides is 1. The molecule has 0 saturated carbocycles. The molecule has 0 N–H and O–H groups in total. The van der Waals surface area contributed by atoms with Gasteiger partial charge in [-0.25, -0.2) is 9.37 Å². The van der Waals surface area contributed by atoms with E-state index in [1.54, 1.807) is 23.2 Å². The molecule has 23 heavy (non-hydrogen) atoms. The van der Waals surface area contributed by atoms with Gasteiger partial charge in [0, 0.05) is 32.4 Å². The van der Waals surface area contributed by atoms with Gasteiger partial charge in [0.15, 0.2) is 0 Å². The van der Waals surface area contributed by atoms with Gasteiger partial charge in [0.25, 0.3) is 5.91 Å². The fraction of sp³-hybridized carbons (Fsp3) is 0.353. The number of piperazine rings is 1. The molecule has 0 bridgehead atoms. The first kappa shape index (κ1) is 15.4. The van der Waals surface area contributed by atoms with Gasteiger partial charge < -0.3 is 9.80 Å². The van der Waals surface area contributed by atoms with E-state index in [9.17, 15) is 9.18 Å². The van der Waals surface area contributed by atoms with Gasteiger partial charge in [0.2, 0.25) is 0 Å². The third-order valence-corrected chi connectivity index (χ3v) is 4.02. The van der Waals surface area contributed by atoms with Crippen LogP contribution in [0.15, 0.2) is 30.5 Å². The maximum absolute atomic E-state index is 13.8. The van der Waals surface area contributed by atoms with Gasteiger partial charge in [-0.1, -0.05) is 12.1 Å². The number of hydrogen-bond donors (Lipinski definition) is 0. The second-order valence-electron chi connectivity index (χ2n) is 5.68. The van der Waals surface area contributed by atoms with Gasteiger partial charge in [0.05, 0.1) is 17.0 Å². The predicted molar refractivity (Wildman–Crippen MR) is 86.0 cm³/mol. The minimum Gasteiger partial charge on any atom is -0.352 e. The van der Waals surface area contributed by atoms with Crippen molar-refractivity contribution < 1.29 is 9.18 Å². The van der Waals surface area contributed by atoms with Crippen LogP contribution < -0.4 is 4.90 Å². The molecule has 120 valence electrons. The Morgan fingerprint density at radius 2 is 1.83 bits per heavy atom. The van der Waals surface area contributed by atoms with Gasteiger partial charge in [-0.15, -0.1) is 0 Å². The summed E-state index contributed by atoms with van der Waals surface area (Å²) >= 11 is 0. The molecule has 0 spiro atoms. The van der Waals surface area contributed by atoms with Crippen molar-refractivity contribution in [1.29, 1.82) is 0 Å². The van der Waals surface area contributed by atoms with E-state index in [0.717, 1.165) is 17.2 Å². The fourth-order valence-electron chi connectivity index (χ4n) is 2.75. The van der Waals surface area contributed by atoms with E-state index in [2.05, 4.69) is 14.9 Å². The van der Waals surface area contributed by atoms with Gasteiger partial charge >= 0.3 is 0 Å². The first-order valence-electron chi connectivity index (χ1n) is 7.65. The van der Waals surface area contributed by atoms with Crippen molar-refractivity contribution in [2.24, 2.45) is 0 Å². The lowest BCUT2D eigenvalue weighted by molar-refractivity contribution is 0.0742. The molecule has 0 unspecified atom stereocenters. The summed E-state index contributed by atoms with van der Waals surface area (Å²) in [6.07, 6.45) is 1.75. The lowest BCUT2D eigenvalue weighted by atomic mass is 10.1. The van der Waals surface area contributed by atoms with Crippen LogP contribution >= 0.6 is 0 Å². The van der Waals surface area contributed by atoms with Crippen molar-refractivity contribution in [3.05, 3.63) is 53.2 Å². The van der Waals surface area contributed by atoms with Crippen molar-refractivity contribution >= 4 is 11.7 Å². The summed E-state index contributed by atoms with van der Waals surface area (Å²) in [6.45, 7) is 6.26. The number of halogens is 1. The summed E-state index contributed by atoms with van der Waals surface area (Å²) in [6, 6.07) is 6.11. The molecule has 1 amide bonds. The molecule has 1 aliphatic heterocycles. The Bertz CT molecular complexity index is 726. The van der Waals surface area contributed by atoms with E-state index in [1.807, 2.05) is 13.8 Å². The van der Waals surface area contributed by atoms with Gasteiger partial charge in [-0.05, 0) is 26.0 Å². The van der Waals surface area contributed by atoms with E-state index < -0.39 is 5.82 Å². The lowest BCUT2D eigenvalue weighted by Gasteiger charge is -2.36. The normalized spacial score (nSPS) is 14.9. The van der Waals surface area contributed by atoms with Crippen LogP contribution in [0.2, 0.25) is 0 Å². The standard InChI is InChI=1S/C17H19FN4O/c1-12-11-19-13(2)16(20-12)21-7-9-22(10-8-21)17(23)14-5-3-4-6-15(14)18/h3-6,11H,7-10H2,1-2H3. The highest BCUT2D eigenvalue weighted by molar-refractivity contribution is 5.94. The molecule has 2 heterocycles. The Balaban J connectivity index is 1.70. The van der Waals surface area contributed by atoms with Crippen LogP contribution in [0, 0.1) is 19.7 Å². The molecule has 1 aromatic carbocycles. The zero-order valence-corrected chi connectivity index (χ0v) is 13.3. The van der Waals surface area contributed by atoms with Crippen molar-refractivity contribution in [1.82, 2.24) is 14.9 Å². The zero-order valence-electron chi connectivity index (χ0n) is 13.3. The van der Waals surface area contributed by atoms with Crippen molar-refractivity contribution in [2.45, 2.75) is 13.8 Å². The quantitative estimate of drug-likeness (QED) is 0.852. The van der Waals surface area contributed by atoms with Crippen molar-refractivity contribution in [3.63, 3.8) is 0 Å². The molecule has 2 aromatic rings. The van der Waals surface area contributed by atoms with Crippen molar-refractivity contribution in [2.75, 3.05) is 31.1 Å². The minimum absolute atomic E-state index is 0.132. The SMILES string of the molecule is Cc1cnc(C)c(N2CCN(C(=O)c3ccccc3F)CC2)n1. The minimum atomic E-state index is -0.472. The van der Waals surface area contributed by atoms with E-state index in [4.69, 9.17) is 0 Å². The van der Waals surface area contributed by atoms with Crippen LogP contribution in [0.4, 0.5) is 10.2 Å². The van der Waals surface area contributed by atoms with Gasteiger partial charge in [0.1, 0.15) is 11.6 Å². The summed E-state index contributed by atoms with van der Waals surface area (Å²) in [4.78, 5) is 25.1. The zero-order chi connectivity index (χ0) is 16.4. The highest BCUT2D eigenvalue weighted by atomic mass is 19.1. The smallest absolute Gasteiger partial charge is 0.256 e. The molecule has 0 radical (unpaired) electrons. The van der Waals surface area contributed by atoms with Crippen LogP contribution in [0.3, 0.4) is 0 Å². The Kier molecular flexibility index (Phi) is 4.23. The maximum Gasteiger partial charge on any atom is 0.256 e. The number of rotatable bonds is 2. The average Bonchev–Trinajstić information content (AvgIpc) is 2.57. The molecule has 3 rings (SSSR count). The summed E-state index contributed by atoms with van der Waals surface area (Å²) in [5, 5.41) is 0. The summed E-state index contributed by atoms with van der Waals surface area (Å²) in [7, 11) is 0. The molecule has 6 heteroatoms. The molecule has 1 aliphatic rings. The van der Waals surface area contributed by atoms with E-state index in [-0.39, 0.29) is 11.5 Å². The summed E-state index contributed by atoms with van der Waals surface area (Å²) in [5.41, 5.74) is 1.88. The molecule has 0 aliphatic carbocycles. The Labute approximate surface area is 134 Å². The van der Waals surface area contributed by atoms with E-state index >= 15 is 0 Å². The number of aryl methyl sites for hydroxylation is 2. The third kappa shape index (κ3) is 3.16. The Morgan fingerprint density at radius 1 is 1.13 bits per heavy atom. The molecule has 1 fully saturated rings. The van der Waals surface area contributed by atoms with Gasteiger partial charge in [-0.3, -0.25) is 9.78 Å². The molecule has 1 saturated heterocycles. The first-order chi connectivity index (χ1) is 11.1. The Morgan fingerprint density at radius 3 is 2.52 bits per heavy atom. The third-order valence-electron chi connectivity index (χ3n) is 4.02. The van der Waals surface area contributed by atoms with E-state index in [0.29, 0.717) is 26.2 Å². The second-order valence-corrected chi connectivity index (χ2v) is 5.68. The second kappa shape index (κ2) is 6.32. The lowest BCUT2D eigenvalue weighted by Crippen LogP contribution is -2.49. The number of anilines is 1. The number of carbonyl (C=O) groups is 1. The topological polar surface area (TPSA) is 49.3 Å². The van der Waals surface area contributed by atoms with Crippen LogP contribution in [-0.2, 0) is 0 Å². The van der Waals surface area contributed by atoms with Crippen LogP contribution in [0.5, 0.6) is 0 Å². The van der Waals surface area contributed by atoms with E-state index in [1.165, 1.54) is 12.1 Å². The first-order valence-corrected chi connectivity index (χ1v) is 7.65. The summed E-state index contributed by atoms with van der Waals surface area (Å²) < 4.78 is 13.8. The number of aromatic nitrogens is 2. The monoisotopic (exact) mass is 314 g/mol. The van der Waals surface area contributed by atoms with Gasteiger partial charge in [-0.2, -0.15) is 0 Å². The van der Waals surface area contributed by atoms with Crippen LogP contribution in [0.25, 0.3) is 0 Å². The number of carbonyl (C=O) groups excluding carboxylic acids is 1. The number of hydrogen-bond acceptors (Lipinski definition) is 4. The predicted octanol–water partition coefficient (Wildman–Crippen LogP) is 2.19. The maximum atomic E-state index is 13.8. The molecule has 0 atom stereocenters. The molecular weight excluding hydrogens is 295 g/mol. The number of nitrogens with zero attached hydrogens (tertiary/aromatic N) is 4. The molecule has 5 nitrogen and oxygen atoms in total. The van der Waals surface area contributed by atoms with Crippen molar-refractivity contribution in [3.8, 4) is 0 Å². The Hall–Kier alpha value is -2.50. The highest BCUT2D eigenvalue weighted by Gasteiger charge is 2.25. The number of benzene rings is 1. The van der Waals surface area contributed by atoms with Crippen LogP contribution in [-0.4, -0.2) is 47.0 Å². The summed E-state index contributed by atoms with van der Waals surface area (Å²) in [5.74, 6) is 0.137.